The number of rotatable bonds is 6. The van der Waals surface area contributed by atoms with E-state index >= 15 is 0 Å². The number of ether oxygens (including phenoxy) is 1. The van der Waals surface area contributed by atoms with Gasteiger partial charge in [0.15, 0.2) is 0 Å². The molecule has 0 unspecified atom stereocenters. The average molecular weight is 463 g/mol. The van der Waals surface area contributed by atoms with Gasteiger partial charge in [0.1, 0.15) is 16.7 Å². The van der Waals surface area contributed by atoms with Gasteiger partial charge in [-0.05, 0) is 44.4 Å². The maximum atomic E-state index is 13.5. The van der Waals surface area contributed by atoms with Crippen LogP contribution in [0.2, 0.25) is 0 Å². The lowest BCUT2D eigenvalue weighted by Gasteiger charge is -2.37. The van der Waals surface area contributed by atoms with Gasteiger partial charge in [-0.25, -0.2) is 8.42 Å². The van der Waals surface area contributed by atoms with E-state index < -0.39 is 22.2 Å². The number of unbranched alkanes of at least 4 members (excludes halogenated alkanes) is 1. The fourth-order valence-electron chi connectivity index (χ4n) is 3.81. The summed E-state index contributed by atoms with van der Waals surface area (Å²) < 4.78 is 34.6. The van der Waals surface area contributed by atoms with E-state index in [0.717, 1.165) is 25.7 Å². The number of sulfonamides is 1. The minimum absolute atomic E-state index is 0.0620. The third-order valence-corrected chi connectivity index (χ3v) is 8.05. The second kappa shape index (κ2) is 10.2. The van der Waals surface area contributed by atoms with Crippen LogP contribution in [0.3, 0.4) is 0 Å². The molecule has 0 bridgehead atoms. The predicted octanol–water partition coefficient (Wildman–Crippen LogP) is 2.48. The summed E-state index contributed by atoms with van der Waals surface area (Å²) in [4.78, 5) is 14.3. The van der Waals surface area contributed by atoms with Crippen molar-refractivity contribution in [2.24, 2.45) is 11.8 Å². The lowest BCUT2D eigenvalue weighted by molar-refractivity contribution is -0.132. The fraction of sp³-hybridized carbons (Fsp3) is 0.625. The molecule has 0 aromatic heterocycles. The molecule has 1 aliphatic carbocycles. The Morgan fingerprint density at radius 2 is 2.09 bits per heavy atom. The molecule has 1 aliphatic heterocycles. The molecular formula is C24H34N2O5S. The van der Waals surface area contributed by atoms with Gasteiger partial charge < -0.3 is 14.7 Å². The van der Waals surface area contributed by atoms with Crippen molar-refractivity contribution in [1.29, 1.82) is 0 Å². The average Bonchev–Trinajstić information content (AvgIpc) is 3.60. The van der Waals surface area contributed by atoms with Gasteiger partial charge in [-0.3, -0.25) is 4.79 Å². The zero-order valence-corrected chi connectivity index (χ0v) is 20.2. The predicted molar refractivity (Wildman–Crippen MR) is 123 cm³/mol. The van der Waals surface area contributed by atoms with E-state index in [1.54, 1.807) is 31.0 Å². The summed E-state index contributed by atoms with van der Waals surface area (Å²) in [6.45, 7) is 5.93. The van der Waals surface area contributed by atoms with Crippen LogP contribution in [-0.4, -0.2) is 67.5 Å². The monoisotopic (exact) mass is 462 g/mol. The van der Waals surface area contributed by atoms with E-state index in [-0.39, 0.29) is 41.5 Å². The van der Waals surface area contributed by atoms with E-state index in [1.807, 2.05) is 13.8 Å². The third kappa shape index (κ3) is 5.45. The summed E-state index contributed by atoms with van der Waals surface area (Å²) in [6, 6.07) is 4.31. The Hall–Kier alpha value is -2.08. The van der Waals surface area contributed by atoms with E-state index in [1.165, 1.54) is 10.4 Å². The Labute approximate surface area is 191 Å². The molecule has 176 valence electrons. The zero-order chi connectivity index (χ0) is 23.5. The Kier molecular flexibility index (Phi) is 7.86. The van der Waals surface area contributed by atoms with Crippen molar-refractivity contribution < 1.29 is 23.1 Å². The molecule has 7 nitrogen and oxygen atoms in total. The summed E-state index contributed by atoms with van der Waals surface area (Å²) in [5.74, 6) is 6.40. The number of aliphatic hydroxyl groups is 1. The van der Waals surface area contributed by atoms with Crippen molar-refractivity contribution in [2.45, 2.75) is 63.5 Å². The van der Waals surface area contributed by atoms with Crippen LogP contribution in [0.4, 0.5) is 0 Å². The van der Waals surface area contributed by atoms with Gasteiger partial charge in [0, 0.05) is 43.5 Å². The smallest absolute Gasteiger partial charge is 0.247 e. The molecule has 1 aromatic rings. The first-order valence-corrected chi connectivity index (χ1v) is 12.8. The van der Waals surface area contributed by atoms with Gasteiger partial charge in [-0.15, -0.1) is 0 Å². The van der Waals surface area contributed by atoms with Crippen molar-refractivity contribution >= 4 is 15.9 Å². The molecule has 1 aromatic carbocycles. The van der Waals surface area contributed by atoms with Gasteiger partial charge in [0.25, 0.3) is 0 Å². The summed E-state index contributed by atoms with van der Waals surface area (Å²) in [5.41, 5.74) is 0.684. The molecule has 8 heteroatoms. The number of hydrogen-bond donors (Lipinski definition) is 1. The van der Waals surface area contributed by atoms with Gasteiger partial charge in [-0.1, -0.05) is 25.7 Å². The molecule has 32 heavy (non-hydrogen) atoms. The standard InChI is InChI=1S/C24H34N2O5S/c1-5-6-7-8-19-9-12-23-21(13-19)31-22(15-25(4)24(28)20-10-11-20)17(2)14-26(18(3)16-27)32(23,29)30/h9,12-13,17-18,20,22,27H,5-6,10-11,14-16H2,1-4H3/t17-,18-,22-/m1/s1. The zero-order valence-electron chi connectivity index (χ0n) is 19.4. The number of carbonyl (C=O) groups excluding carboxylic acids is 1. The first-order valence-electron chi connectivity index (χ1n) is 11.4. The molecule has 1 heterocycles. The Bertz CT molecular complexity index is 993. The highest BCUT2D eigenvalue weighted by molar-refractivity contribution is 7.89. The number of aliphatic hydroxyl groups excluding tert-OH is 1. The van der Waals surface area contributed by atoms with Crippen LogP contribution in [0.1, 0.15) is 52.0 Å². The van der Waals surface area contributed by atoms with Crippen LogP contribution < -0.4 is 4.74 Å². The molecule has 3 atom stereocenters. The molecule has 0 saturated heterocycles. The summed E-state index contributed by atoms with van der Waals surface area (Å²) in [7, 11) is -2.11. The van der Waals surface area contributed by atoms with Crippen molar-refractivity contribution in [2.75, 3.05) is 26.7 Å². The SMILES string of the molecule is CCCC#Cc1ccc2c(c1)O[C@H](CN(C)C(=O)C1CC1)[C@H](C)CN([C@H](C)CO)S2(=O)=O. The summed E-state index contributed by atoms with van der Waals surface area (Å²) >= 11 is 0. The molecule has 2 aliphatic rings. The highest BCUT2D eigenvalue weighted by Gasteiger charge is 2.39. The van der Waals surface area contributed by atoms with Crippen LogP contribution in [0, 0.1) is 23.7 Å². The number of carbonyl (C=O) groups is 1. The molecule has 0 radical (unpaired) electrons. The molecule has 1 fully saturated rings. The largest absolute Gasteiger partial charge is 0.487 e. The van der Waals surface area contributed by atoms with Gasteiger partial charge in [-0.2, -0.15) is 4.31 Å². The van der Waals surface area contributed by atoms with E-state index in [2.05, 4.69) is 11.8 Å². The van der Waals surface area contributed by atoms with Crippen LogP contribution in [0.5, 0.6) is 5.75 Å². The Morgan fingerprint density at radius 1 is 1.38 bits per heavy atom. The number of fused-ring (bicyclic) bond motifs is 1. The van der Waals surface area contributed by atoms with Crippen LogP contribution in [0.25, 0.3) is 0 Å². The van der Waals surface area contributed by atoms with E-state index in [9.17, 15) is 18.3 Å². The molecule has 3 rings (SSSR count). The van der Waals surface area contributed by atoms with Crippen LogP contribution in [0.15, 0.2) is 23.1 Å². The fourth-order valence-corrected chi connectivity index (χ4v) is 5.64. The number of likely N-dealkylation sites (N-methyl/N-ethyl adjacent to an activating group) is 1. The number of amides is 1. The van der Waals surface area contributed by atoms with Crippen molar-refractivity contribution in [3.63, 3.8) is 0 Å². The number of benzene rings is 1. The summed E-state index contributed by atoms with van der Waals surface area (Å²) in [5, 5.41) is 9.72. The lowest BCUT2D eigenvalue weighted by atomic mass is 10.0. The van der Waals surface area contributed by atoms with Crippen molar-refractivity contribution in [3.05, 3.63) is 23.8 Å². The second-order valence-corrected chi connectivity index (χ2v) is 10.8. The van der Waals surface area contributed by atoms with Gasteiger partial charge >= 0.3 is 0 Å². The maximum Gasteiger partial charge on any atom is 0.247 e. The normalized spacial score (nSPS) is 23.5. The highest BCUT2D eigenvalue weighted by Crippen LogP contribution is 2.35. The quantitative estimate of drug-likeness (QED) is 0.657. The molecule has 1 amide bonds. The Balaban J connectivity index is 2.01. The second-order valence-electron chi connectivity index (χ2n) is 8.95. The Morgan fingerprint density at radius 3 is 2.72 bits per heavy atom. The minimum Gasteiger partial charge on any atom is -0.487 e. The van der Waals surface area contributed by atoms with Crippen molar-refractivity contribution in [3.8, 4) is 17.6 Å². The molecule has 1 N–H and O–H groups in total. The van der Waals surface area contributed by atoms with Crippen LogP contribution >= 0.6 is 0 Å². The first-order chi connectivity index (χ1) is 15.2. The molecular weight excluding hydrogens is 428 g/mol. The number of hydrogen-bond acceptors (Lipinski definition) is 5. The van der Waals surface area contributed by atoms with Gasteiger partial charge in [0.2, 0.25) is 15.9 Å². The lowest BCUT2D eigenvalue weighted by Crippen LogP contribution is -2.50. The maximum absolute atomic E-state index is 13.5. The van der Waals surface area contributed by atoms with E-state index in [0.29, 0.717) is 12.1 Å². The molecule has 0 spiro atoms. The summed E-state index contributed by atoms with van der Waals surface area (Å²) in [6.07, 6.45) is 3.15. The third-order valence-electron chi connectivity index (χ3n) is 6.03. The first kappa shape index (κ1) is 24.6. The highest BCUT2D eigenvalue weighted by atomic mass is 32.2. The van der Waals surface area contributed by atoms with Gasteiger partial charge in [0.05, 0.1) is 13.2 Å². The van der Waals surface area contributed by atoms with E-state index in [4.69, 9.17) is 4.74 Å². The number of nitrogens with zero attached hydrogens (tertiary/aromatic N) is 2. The van der Waals surface area contributed by atoms with Crippen LogP contribution in [-0.2, 0) is 14.8 Å². The topological polar surface area (TPSA) is 87.2 Å². The minimum atomic E-state index is -3.88. The van der Waals surface area contributed by atoms with Crippen molar-refractivity contribution in [1.82, 2.24) is 9.21 Å². The molecule has 1 saturated carbocycles.